The normalized spacial score (nSPS) is 25.5. The molecule has 1 radical (unpaired) electrons. The Morgan fingerprint density at radius 3 is 2.03 bits per heavy atom. The van der Waals surface area contributed by atoms with E-state index in [1.54, 1.807) is 12.1 Å². The molecule has 3 unspecified atom stereocenters. The molecule has 10 heteroatoms. The third-order valence-electron chi connectivity index (χ3n) is 6.39. The molecule has 0 saturated carbocycles. The van der Waals surface area contributed by atoms with Crippen LogP contribution in [0.1, 0.15) is 53.5 Å². The van der Waals surface area contributed by atoms with Gasteiger partial charge in [0.05, 0.1) is 22.5 Å². The van der Waals surface area contributed by atoms with E-state index in [2.05, 4.69) is 6.42 Å². The van der Waals surface area contributed by atoms with Crippen molar-refractivity contribution < 1.29 is 30.7 Å². The molecule has 2 heterocycles. The van der Waals surface area contributed by atoms with Gasteiger partial charge in [0.1, 0.15) is 5.82 Å². The van der Waals surface area contributed by atoms with Gasteiger partial charge in [-0.1, -0.05) is 12.1 Å². The van der Waals surface area contributed by atoms with Gasteiger partial charge in [-0.25, -0.2) is 14.4 Å². The molecule has 185 valence electrons. The van der Waals surface area contributed by atoms with Crippen molar-refractivity contribution in [2.24, 2.45) is 0 Å². The van der Waals surface area contributed by atoms with E-state index in [4.69, 9.17) is 11.6 Å². The second-order valence-electron chi connectivity index (χ2n) is 8.70. The fraction of sp³-hybridized carbons (Fsp3) is 0.458. The summed E-state index contributed by atoms with van der Waals surface area (Å²) in [6.45, 7) is 1.49. The average molecular weight is 508 g/mol. The lowest BCUT2D eigenvalue weighted by molar-refractivity contribution is -0.143. The van der Waals surface area contributed by atoms with Crippen LogP contribution in [-0.4, -0.2) is 35.0 Å². The van der Waals surface area contributed by atoms with Crippen molar-refractivity contribution in [1.29, 1.82) is 0 Å². The number of piperidine rings is 2. The summed E-state index contributed by atoms with van der Waals surface area (Å²) in [7, 11) is 0. The maximum Gasteiger partial charge on any atom is 0.416 e. The van der Waals surface area contributed by atoms with Gasteiger partial charge in [0.2, 0.25) is 0 Å². The number of hydrogen-bond acceptors (Lipinski definition) is 2. The van der Waals surface area contributed by atoms with Crippen molar-refractivity contribution in [3.8, 4) is 0 Å². The summed E-state index contributed by atoms with van der Waals surface area (Å²) in [5.41, 5.74) is -1.90. The zero-order valence-corrected chi connectivity index (χ0v) is 18.8. The first-order valence-electron chi connectivity index (χ1n) is 11.0. The van der Waals surface area contributed by atoms with Crippen molar-refractivity contribution >= 4 is 11.6 Å². The van der Waals surface area contributed by atoms with Gasteiger partial charge < -0.3 is 0 Å². The van der Waals surface area contributed by atoms with E-state index in [-0.39, 0.29) is 23.4 Å². The molecule has 0 aliphatic carbocycles. The van der Waals surface area contributed by atoms with Gasteiger partial charge in [-0.15, -0.1) is 11.6 Å². The van der Waals surface area contributed by atoms with Gasteiger partial charge in [0.25, 0.3) is 0 Å². The molecule has 0 spiro atoms. The summed E-state index contributed by atoms with van der Waals surface area (Å²) < 4.78 is 94.1. The number of rotatable bonds is 3. The molecule has 2 aromatic carbocycles. The first-order chi connectivity index (χ1) is 15.9. The highest BCUT2D eigenvalue weighted by molar-refractivity contribution is 6.21. The zero-order valence-electron chi connectivity index (χ0n) is 18.0. The summed E-state index contributed by atoms with van der Waals surface area (Å²) >= 11 is 6.55. The van der Waals surface area contributed by atoms with Crippen LogP contribution in [0, 0.1) is 12.2 Å². The van der Waals surface area contributed by atoms with Crippen LogP contribution < -0.4 is 0 Å². The molecule has 2 fully saturated rings. The lowest BCUT2D eigenvalue weighted by Crippen LogP contribution is -2.53. The van der Waals surface area contributed by atoms with E-state index in [9.17, 15) is 30.7 Å². The second kappa shape index (κ2) is 9.66. The van der Waals surface area contributed by atoms with Crippen LogP contribution in [0.5, 0.6) is 0 Å². The van der Waals surface area contributed by atoms with Gasteiger partial charge in [-0.2, -0.15) is 26.3 Å². The Hall–Kier alpha value is -1.84. The van der Waals surface area contributed by atoms with Crippen molar-refractivity contribution in [1.82, 2.24) is 10.0 Å². The standard InChI is InChI=1S/C24H23ClF7N2/c25-21-4-2-10-34(33-9-1-3-16(14-33)15-5-7-20(26)8-6-15)22(21)17-11-18(23(27,28)29)13-19(12-17)24(30,31)32/h3,5-8,11-13,16,21-22H,1-2,4,9-10,14H2. The van der Waals surface area contributed by atoms with Crippen molar-refractivity contribution in [2.75, 3.05) is 19.6 Å². The highest BCUT2D eigenvalue weighted by Gasteiger charge is 2.41. The van der Waals surface area contributed by atoms with Gasteiger partial charge in [-0.3, -0.25) is 0 Å². The molecule has 4 rings (SSSR count). The van der Waals surface area contributed by atoms with Crippen LogP contribution in [0.15, 0.2) is 42.5 Å². The molecule has 2 aliphatic rings. The van der Waals surface area contributed by atoms with Crippen LogP contribution in [0.4, 0.5) is 30.7 Å². The minimum Gasteiger partial charge on any atom is -0.241 e. The quantitative estimate of drug-likeness (QED) is 0.320. The van der Waals surface area contributed by atoms with E-state index in [0.717, 1.165) is 17.7 Å². The van der Waals surface area contributed by atoms with Crippen molar-refractivity contribution in [3.63, 3.8) is 0 Å². The average Bonchev–Trinajstić information content (AvgIpc) is 2.78. The van der Waals surface area contributed by atoms with Crippen LogP contribution in [0.2, 0.25) is 0 Å². The molecule has 2 aromatic rings. The summed E-state index contributed by atoms with van der Waals surface area (Å²) in [5.74, 6) is -0.416. The van der Waals surface area contributed by atoms with Gasteiger partial charge >= 0.3 is 12.4 Å². The van der Waals surface area contributed by atoms with Gasteiger partial charge in [-0.05, 0) is 67.1 Å². The van der Waals surface area contributed by atoms with E-state index in [0.29, 0.717) is 38.9 Å². The Kier molecular flexibility index (Phi) is 7.18. The lowest BCUT2D eigenvalue weighted by Gasteiger charge is -2.48. The van der Waals surface area contributed by atoms with E-state index in [1.165, 1.54) is 12.1 Å². The van der Waals surface area contributed by atoms with E-state index in [1.807, 2.05) is 10.0 Å². The van der Waals surface area contributed by atoms with E-state index < -0.39 is 34.9 Å². The highest BCUT2D eigenvalue weighted by atomic mass is 35.5. The summed E-state index contributed by atoms with van der Waals surface area (Å²) in [4.78, 5) is 0. The molecule has 34 heavy (non-hydrogen) atoms. The van der Waals surface area contributed by atoms with Crippen LogP contribution in [0.3, 0.4) is 0 Å². The Bertz CT molecular complexity index is 958. The number of benzene rings is 2. The summed E-state index contributed by atoms with van der Waals surface area (Å²) in [5, 5.41) is 3.12. The Balaban J connectivity index is 1.68. The van der Waals surface area contributed by atoms with Crippen molar-refractivity contribution in [2.45, 2.75) is 49.0 Å². The first-order valence-corrected chi connectivity index (χ1v) is 11.4. The summed E-state index contributed by atoms with van der Waals surface area (Å²) in [6, 6.07) is 6.94. The molecular weight excluding hydrogens is 485 g/mol. The van der Waals surface area contributed by atoms with Crippen LogP contribution in [-0.2, 0) is 12.4 Å². The van der Waals surface area contributed by atoms with Crippen LogP contribution in [0.25, 0.3) is 0 Å². The van der Waals surface area contributed by atoms with Crippen molar-refractivity contribution in [3.05, 3.63) is 77.0 Å². The number of alkyl halides is 7. The fourth-order valence-corrected chi connectivity index (χ4v) is 5.21. The minimum atomic E-state index is -4.93. The molecule has 0 N–H and O–H groups in total. The number of hydrazine groups is 1. The first kappa shape index (κ1) is 25.3. The maximum atomic E-state index is 13.5. The molecule has 2 saturated heterocycles. The number of nitrogens with zero attached hydrogens (tertiary/aromatic N) is 2. The molecular formula is C24H23ClF7N2. The fourth-order valence-electron chi connectivity index (χ4n) is 4.78. The molecule has 2 nitrogen and oxygen atoms in total. The van der Waals surface area contributed by atoms with Gasteiger partial charge in [0.15, 0.2) is 0 Å². The summed E-state index contributed by atoms with van der Waals surface area (Å²) in [6.07, 6.45) is -5.96. The topological polar surface area (TPSA) is 6.48 Å². The molecule has 2 aliphatic heterocycles. The van der Waals surface area contributed by atoms with Gasteiger partial charge in [0, 0.05) is 25.6 Å². The minimum absolute atomic E-state index is 0.0575. The molecule has 0 bridgehead atoms. The molecule has 0 aromatic heterocycles. The highest BCUT2D eigenvalue weighted by Crippen LogP contribution is 2.43. The third-order valence-corrected chi connectivity index (χ3v) is 6.85. The molecule has 0 amide bonds. The molecule has 3 atom stereocenters. The van der Waals surface area contributed by atoms with E-state index >= 15 is 0 Å². The predicted molar refractivity (Wildman–Crippen MR) is 114 cm³/mol. The smallest absolute Gasteiger partial charge is 0.241 e. The lowest BCUT2D eigenvalue weighted by atomic mass is 9.90. The Morgan fingerprint density at radius 2 is 1.44 bits per heavy atom. The monoisotopic (exact) mass is 507 g/mol. The number of hydrogen-bond donors (Lipinski definition) is 0. The Morgan fingerprint density at radius 1 is 0.824 bits per heavy atom. The SMILES string of the molecule is Fc1ccc(C2[CH]CCN(N3CCCC(Cl)C3c3cc(C(F)(F)F)cc(C(F)(F)F)c3)C2)cc1. The second-order valence-corrected chi connectivity index (χ2v) is 9.26. The largest absolute Gasteiger partial charge is 0.416 e. The zero-order chi connectivity index (χ0) is 24.7. The van der Waals surface area contributed by atoms with Crippen LogP contribution >= 0.6 is 11.6 Å². The predicted octanol–water partition coefficient (Wildman–Crippen LogP) is 7.22. The Labute approximate surface area is 198 Å². The number of halogens is 8. The maximum absolute atomic E-state index is 13.5. The third kappa shape index (κ3) is 5.52.